The number of para-hydroxylation sites is 1. The largest absolute Gasteiger partial charge is 0.360 e. The van der Waals surface area contributed by atoms with E-state index < -0.39 is 16.4 Å². The predicted molar refractivity (Wildman–Crippen MR) is 103 cm³/mol. The Morgan fingerprint density at radius 1 is 1.04 bits per heavy atom. The minimum Gasteiger partial charge on any atom is -0.360 e. The van der Waals surface area contributed by atoms with Gasteiger partial charge in [0.1, 0.15) is 0 Å². The highest BCUT2D eigenvalue weighted by atomic mass is 16.6. The lowest BCUT2D eigenvalue weighted by Crippen LogP contribution is -2.45. The standard InChI is InChI=1S/C21H18N2O5/c24-19-18(14-15-8-10-17(11-9-15)23(26)27)21(12-4-5-13-28-21)20(25)22(19)16-6-2-1-3-7-16/h1-3,6-11,14H,4-5,12-13H2/b18-14-. The molecule has 0 saturated carbocycles. The number of hydrogen-bond acceptors (Lipinski definition) is 5. The van der Waals surface area contributed by atoms with Crippen LogP contribution in [-0.2, 0) is 14.3 Å². The van der Waals surface area contributed by atoms with E-state index in [4.69, 9.17) is 4.74 Å². The van der Waals surface area contributed by atoms with E-state index in [1.807, 2.05) is 6.07 Å². The molecule has 2 fully saturated rings. The summed E-state index contributed by atoms with van der Waals surface area (Å²) in [7, 11) is 0. The Kier molecular flexibility index (Phi) is 4.52. The van der Waals surface area contributed by atoms with Crippen LogP contribution in [0.2, 0.25) is 0 Å². The van der Waals surface area contributed by atoms with Crippen molar-refractivity contribution in [3.8, 4) is 0 Å². The highest BCUT2D eigenvalue weighted by Crippen LogP contribution is 2.42. The highest BCUT2D eigenvalue weighted by Gasteiger charge is 2.57. The molecular formula is C21H18N2O5. The maximum atomic E-state index is 13.3. The maximum absolute atomic E-state index is 13.3. The van der Waals surface area contributed by atoms with Gasteiger partial charge in [-0.1, -0.05) is 18.2 Å². The van der Waals surface area contributed by atoms with Gasteiger partial charge in [0, 0.05) is 18.7 Å². The average Bonchev–Trinajstić information content (AvgIpc) is 2.91. The fourth-order valence-electron chi connectivity index (χ4n) is 3.71. The summed E-state index contributed by atoms with van der Waals surface area (Å²) in [4.78, 5) is 38.1. The van der Waals surface area contributed by atoms with Crippen molar-refractivity contribution in [2.24, 2.45) is 0 Å². The lowest BCUT2D eigenvalue weighted by atomic mass is 9.86. The summed E-state index contributed by atoms with van der Waals surface area (Å²) in [6.45, 7) is 0.402. The highest BCUT2D eigenvalue weighted by molar-refractivity contribution is 6.33. The number of non-ortho nitro benzene ring substituents is 1. The molecule has 0 radical (unpaired) electrons. The van der Waals surface area contributed by atoms with E-state index in [0.717, 1.165) is 12.8 Å². The number of benzene rings is 2. The molecule has 4 rings (SSSR count). The molecular weight excluding hydrogens is 360 g/mol. The summed E-state index contributed by atoms with van der Waals surface area (Å²) in [6, 6.07) is 14.6. The zero-order valence-electron chi connectivity index (χ0n) is 15.0. The fraction of sp³-hybridized carbons (Fsp3) is 0.238. The topological polar surface area (TPSA) is 89.7 Å². The van der Waals surface area contributed by atoms with E-state index in [1.165, 1.54) is 17.0 Å². The fourth-order valence-corrected chi connectivity index (χ4v) is 3.71. The van der Waals surface area contributed by atoms with Crippen molar-refractivity contribution in [3.05, 3.63) is 75.8 Å². The predicted octanol–water partition coefficient (Wildman–Crippen LogP) is 3.49. The van der Waals surface area contributed by atoms with E-state index >= 15 is 0 Å². The van der Waals surface area contributed by atoms with Gasteiger partial charge in [0.25, 0.3) is 17.5 Å². The van der Waals surface area contributed by atoms with Crippen molar-refractivity contribution in [2.75, 3.05) is 11.5 Å². The second-order valence-corrected chi connectivity index (χ2v) is 6.82. The number of carbonyl (C=O) groups excluding carboxylic acids is 2. The quantitative estimate of drug-likeness (QED) is 0.353. The molecule has 2 aliphatic heterocycles. The van der Waals surface area contributed by atoms with Crippen LogP contribution in [0.1, 0.15) is 24.8 Å². The molecule has 2 aromatic carbocycles. The first-order valence-electron chi connectivity index (χ1n) is 9.07. The van der Waals surface area contributed by atoms with Gasteiger partial charge in [-0.05, 0) is 55.2 Å². The number of nitro groups is 1. The third-order valence-corrected chi connectivity index (χ3v) is 5.12. The molecule has 2 amide bonds. The van der Waals surface area contributed by atoms with Crippen molar-refractivity contribution in [1.82, 2.24) is 0 Å². The number of carbonyl (C=O) groups is 2. The minimum atomic E-state index is -1.30. The number of nitrogens with zero attached hydrogens (tertiary/aromatic N) is 2. The van der Waals surface area contributed by atoms with Crippen LogP contribution in [0.15, 0.2) is 60.2 Å². The van der Waals surface area contributed by atoms with Gasteiger partial charge in [-0.2, -0.15) is 0 Å². The normalized spacial score (nSPS) is 23.6. The second kappa shape index (κ2) is 7.01. The molecule has 7 nitrogen and oxygen atoms in total. The molecule has 28 heavy (non-hydrogen) atoms. The Labute approximate surface area is 161 Å². The van der Waals surface area contributed by atoms with Gasteiger partial charge in [-0.3, -0.25) is 19.7 Å². The zero-order valence-corrected chi connectivity index (χ0v) is 15.0. The Morgan fingerprint density at radius 2 is 1.75 bits per heavy atom. The van der Waals surface area contributed by atoms with E-state index in [1.54, 1.807) is 42.5 Å². The van der Waals surface area contributed by atoms with Crippen LogP contribution in [0, 0.1) is 10.1 Å². The average molecular weight is 378 g/mol. The molecule has 0 bridgehead atoms. The van der Waals surface area contributed by atoms with Crippen molar-refractivity contribution >= 4 is 29.3 Å². The van der Waals surface area contributed by atoms with Crippen LogP contribution < -0.4 is 4.90 Å². The Bertz CT molecular complexity index is 960. The number of ether oxygens (including phenoxy) is 1. The van der Waals surface area contributed by atoms with E-state index in [-0.39, 0.29) is 17.2 Å². The number of nitro benzene ring substituents is 1. The van der Waals surface area contributed by atoms with Crippen LogP contribution in [0.25, 0.3) is 6.08 Å². The smallest absolute Gasteiger partial charge is 0.271 e. The molecule has 2 heterocycles. The van der Waals surface area contributed by atoms with Gasteiger partial charge in [-0.15, -0.1) is 0 Å². The third kappa shape index (κ3) is 2.90. The van der Waals surface area contributed by atoms with Gasteiger partial charge in [0.05, 0.1) is 16.2 Å². The first-order valence-corrected chi connectivity index (χ1v) is 9.07. The zero-order chi connectivity index (χ0) is 19.7. The first-order chi connectivity index (χ1) is 13.5. The van der Waals surface area contributed by atoms with Gasteiger partial charge in [0.15, 0.2) is 5.60 Å². The third-order valence-electron chi connectivity index (χ3n) is 5.12. The Balaban J connectivity index is 1.79. The van der Waals surface area contributed by atoms with E-state index in [2.05, 4.69) is 0 Å². The summed E-state index contributed by atoms with van der Waals surface area (Å²) >= 11 is 0. The SMILES string of the molecule is O=C1/C(=C/c2ccc([N+](=O)[O-])cc2)C2(CCCCO2)C(=O)N1c1ccccc1. The lowest BCUT2D eigenvalue weighted by molar-refractivity contribution is -0.384. The van der Waals surface area contributed by atoms with E-state index in [0.29, 0.717) is 24.3 Å². The first kappa shape index (κ1) is 18.1. The maximum Gasteiger partial charge on any atom is 0.271 e. The van der Waals surface area contributed by atoms with Gasteiger partial charge < -0.3 is 4.74 Å². The lowest BCUT2D eigenvalue weighted by Gasteiger charge is -2.32. The number of rotatable bonds is 3. The molecule has 1 atom stereocenters. The van der Waals surface area contributed by atoms with Crippen LogP contribution in [0.4, 0.5) is 11.4 Å². The number of imide groups is 1. The number of anilines is 1. The number of hydrogen-bond donors (Lipinski definition) is 0. The van der Waals surface area contributed by atoms with Crippen molar-refractivity contribution < 1.29 is 19.2 Å². The number of amides is 2. The summed E-state index contributed by atoms with van der Waals surface area (Å²) in [5.41, 5.74) is 0.0382. The molecule has 2 aliphatic rings. The van der Waals surface area contributed by atoms with Gasteiger partial charge in [-0.25, -0.2) is 4.90 Å². The van der Waals surface area contributed by atoms with Crippen LogP contribution in [0.5, 0.6) is 0 Å². The minimum absolute atomic E-state index is 0.0366. The summed E-state index contributed by atoms with van der Waals surface area (Å²) in [6.07, 6.45) is 3.65. The monoisotopic (exact) mass is 378 g/mol. The van der Waals surface area contributed by atoms with Gasteiger partial charge in [0.2, 0.25) is 0 Å². The molecule has 7 heteroatoms. The Hall–Kier alpha value is -3.32. The molecule has 0 aliphatic carbocycles. The molecule has 142 valence electrons. The van der Waals surface area contributed by atoms with Gasteiger partial charge >= 0.3 is 0 Å². The molecule has 0 aromatic heterocycles. The van der Waals surface area contributed by atoms with Crippen LogP contribution in [0.3, 0.4) is 0 Å². The summed E-state index contributed by atoms with van der Waals surface area (Å²) in [5.74, 6) is -0.798. The molecule has 2 saturated heterocycles. The van der Waals surface area contributed by atoms with Crippen LogP contribution >= 0.6 is 0 Å². The molecule has 2 aromatic rings. The Morgan fingerprint density at radius 3 is 2.36 bits per heavy atom. The molecule has 0 N–H and O–H groups in total. The van der Waals surface area contributed by atoms with E-state index in [9.17, 15) is 19.7 Å². The van der Waals surface area contributed by atoms with Crippen molar-refractivity contribution in [2.45, 2.75) is 24.9 Å². The van der Waals surface area contributed by atoms with Crippen molar-refractivity contribution in [3.63, 3.8) is 0 Å². The summed E-state index contributed by atoms with van der Waals surface area (Å²) < 4.78 is 5.92. The summed E-state index contributed by atoms with van der Waals surface area (Å²) in [5, 5.41) is 10.9. The molecule has 1 unspecified atom stereocenters. The van der Waals surface area contributed by atoms with Crippen LogP contribution in [-0.4, -0.2) is 28.9 Å². The molecule has 1 spiro atoms. The van der Waals surface area contributed by atoms with Crippen molar-refractivity contribution in [1.29, 1.82) is 0 Å². The second-order valence-electron chi connectivity index (χ2n) is 6.82.